The Morgan fingerprint density at radius 1 is 1.33 bits per heavy atom. The molecular formula is C13H14N2O3. The van der Waals surface area contributed by atoms with Gasteiger partial charge < -0.3 is 4.74 Å². The van der Waals surface area contributed by atoms with Crippen LogP contribution in [0.25, 0.3) is 11.4 Å². The fourth-order valence-corrected chi connectivity index (χ4v) is 2.21. The Balaban J connectivity index is 1.93. The van der Waals surface area contributed by atoms with Crippen LogP contribution in [-0.4, -0.2) is 22.9 Å². The van der Waals surface area contributed by atoms with Crippen LogP contribution in [0.15, 0.2) is 39.6 Å². The largest absolute Gasteiger partial charge is 0.441 e. The molecule has 0 amide bonds. The van der Waals surface area contributed by atoms with Crippen molar-refractivity contribution < 1.29 is 9.26 Å². The van der Waals surface area contributed by atoms with Gasteiger partial charge in [0.1, 0.15) is 0 Å². The summed E-state index contributed by atoms with van der Waals surface area (Å²) in [7, 11) is 0. The highest BCUT2D eigenvalue weighted by molar-refractivity contribution is 5.54. The summed E-state index contributed by atoms with van der Waals surface area (Å²) in [5, 5.41) is 3.86. The van der Waals surface area contributed by atoms with Crippen molar-refractivity contribution in [3.05, 3.63) is 40.9 Å². The van der Waals surface area contributed by atoms with E-state index < -0.39 is 5.76 Å². The van der Waals surface area contributed by atoms with Crippen molar-refractivity contribution in [3.8, 4) is 11.4 Å². The van der Waals surface area contributed by atoms with Crippen LogP contribution in [-0.2, 0) is 11.3 Å². The number of aromatic nitrogens is 2. The van der Waals surface area contributed by atoms with Crippen LogP contribution in [0, 0.1) is 5.92 Å². The normalized spacial score (nSPS) is 19.2. The minimum atomic E-state index is -0.402. The number of hydrogen-bond donors (Lipinski definition) is 0. The van der Waals surface area contributed by atoms with Crippen molar-refractivity contribution in [1.82, 2.24) is 9.72 Å². The summed E-state index contributed by atoms with van der Waals surface area (Å²) in [6, 6.07) is 9.59. The second kappa shape index (κ2) is 4.78. The molecule has 1 fully saturated rings. The lowest BCUT2D eigenvalue weighted by atomic mass is 10.1. The van der Waals surface area contributed by atoms with Gasteiger partial charge in [-0.3, -0.25) is 9.09 Å². The first-order valence-electron chi connectivity index (χ1n) is 6.04. The van der Waals surface area contributed by atoms with Gasteiger partial charge in [0.25, 0.3) is 0 Å². The van der Waals surface area contributed by atoms with Gasteiger partial charge in [-0.1, -0.05) is 35.5 Å². The van der Waals surface area contributed by atoms with Crippen LogP contribution in [0.1, 0.15) is 6.42 Å². The Kier molecular flexibility index (Phi) is 2.98. The third kappa shape index (κ3) is 2.09. The topological polar surface area (TPSA) is 57.3 Å². The molecular weight excluding hydrogens is 232 g/mol. The maximum Gasteiger partial charge on any atom is 0.441 e. The highest BCUT2D eigenvalue weighted by atomic mass is 16.5. The third-order valence-corrected chi connectivity index (χ3v) is 3.18. The first-order valence-corrected chi connectivity index (χ1v) is 6.04. The van der Waals surface area contributed by atoms with Gasteiger partial charge in [0.2, 0.25) is 0 Å². The molecule has 0 unspecified atom stereocenters. The molecule has 1 aromatic heterocycles. The summed E-state index contributed by atoms with van der Waals surface area (Å²) in [6.45, 7) is 2.07. The summed E-state index contributed by atoms with van der Waals surface area (Å²) in [5.74, 6) is 0.554. The average Bonchev–Trinajstić information content (AvgIpc) is 3.03. The molecule has 0 spiro atoms. The van der Waals surface area contributed by atoms with E-state index in [0.717, 1.165) is 18.6 Å². The molecule has 18 heavy (non-hydrogen) atoms. The minimum absolute atomic E-state index is 0.365. The molecule has 1 atom stereocenters. The van der Waals surface area contributed by atoms with E-state index in [4.69, 9.17) is 9.26 Å². The van der Waals surface area contributed by atoms with Crippen molar-refractivity contribution in [1.29, 1.82) is 0 Å². The predicted octanol–water partition coefficient (Wildman–Crippen LogP) is 1.54. The zero-order valence-corrected chi connectivity index (χ0v) is 9.91. The molecule has 5 heteroatoms. The highest BCUT2D eigenvalue weighted by Crippen LogP contribution is 2.19. The molecule has 0 N–H and O–H groups in total. The summed E-state index contributed by atoms with van der Waals surface area (Å²) >= 11 is 0. The van der Waals surface area contributed by atoms with Crippen LogP contribution >= 0.6 is 0 Å². The molecule has 0 aliphatic carbocycles. The second-order valence-electron chi connectivity index (χ2n) is 4.48. The highest BCUT2D eigenvalue weighted by Gasteiger charge is 2.20. The molecule has 1 aromatic carbocycles. The van der Waals surface area contributed by atoms with E-state index in [2.05, 4.69) is 5.16 Å². The summed E-state index contributed by atoms with van der Waals surface area (Å²) in [6.07, 6.45) is 0.978. The molecule has 2 aromatic rings. The fraction of sp³-hybridized carbons (Fsp3) is 0.385. The summed E-state index contributed by atoms with van der Waals surface area (Å²) in [4.78, 5) is 11.7. The average molecular weight is 246 g/mol. The molecule has 1 saturated heterocycles. The Morgan fingerprint density at radius 2 is 2.17 bits per heavy atom. The quantitative estimate of drug-likeness (QED) is 0.824. The van der Waals surface area contributed by atoms with E-state index in [0.29, 0.717) is 24.9 Å². The summed E-state index contributed by atoms with van der Waals surface area (Å²) < 4.78 is 11.7. The Labute approximate surface area is 104 Å². The van der Waals surface area contributed by atoms with E-state index in [1.165, 1.54) is 0 Å². The Hall–Kier alpha value is -1.88. The van der Waals surface area contributed by atoms with Crippen LogP contribution in [0.3, 0.4) is 0 Å². The lowest BCUT2D eigenvalue weighted by Gasteiger charge is -2.08. The van der Waals surface area contributed by atoms with Crippen molar-refractivity contribution in [2.45, 2.75) is 13.0 Å². The van der Waals surface area contributed by atoms with Crippen LogP contribution in [0.4, 0.5) is 0 Å². The molecule has 1 aliphatic rings. The molecule has 94 valence electrons. The van der Waals surface area contributed by atoms with Crippen molar-refractivity contribution in [3.63, 3.8) is 0 Å². The third-order valence-electron chi connectivity index (χ3n) is 3.18. The molecule has 2 heterocycles. The zero-order valence-electron chi connectivity index (χ0n) is 9.91. The van der Waals surface area contributed by atoms with Gasteiger partial charge in [0.15, 0.2) is 5.82 Å². The fourth-order valence-electron chi connectivity index (χ4n) is 2.21. The van der Waals surface area contributed by atoms with Gasteiger partial charge in [-0.15, -0.1) is 0 Å². The van der Waals surface area contributed by atoms with E-state index in [1.807, 2.05) is 30.3 Å². The standard InChI is InChI=1S/C13H14N2O3/c16-13-15(8-10-6-7-17-9-10)12(14-18-13)11-4-2-1-3-5-11/h1-5,10H,6-9H2/t10-/m0/s1. The van der Waals surface area contributed by atoms with E-state index in [9.17, 15) is 4.79 Å². The van der Waals surface area contributed by atoms with Gasteiger partial charge in [0, 0.05) is 24.6 Å². The SMILES string of the molecule is O=c1onc(-c2ccccc2)n1C[C@@H]1CCOC1. The smallest absolute Gasteiger partial charge is 0.381 e. The van der Waals surface area contributed by atoms with Crippen LogP contribution in [0.2, 0.25) is 0 Å². The van der Waals surface area contributed by atoms with E-state index in [1.54, 1.807) is 4.57 Å². The molecule has 0 radical (unpaired) electrons. The van der Waals surface area contributed by atoms with Gasteiger partial charge in [-0.25, -0.2) is 4.79 Å². The molecule has 0 bridgehead atoms. The zero-order chi connectivity index (χ0) is 12.4. The first-order chi connectivity index (χ1) is 8.84. The van der Waals surface area contributed by atoms with Gasteiger partial charge in [-0.05, 0) is 6.42 Å². The maximum absolute atomic E-state index is 11.7. The summed E-state index contributed by atoms with van der Waals surface area (Å²) in [5.41, 5.74) is 0.891. The molecule has 5 nitrogen and oxygen atoms in total. The minimum Gasteiger partial charge on any atom is -0.381 e. The first kappa shape index (κ1) is 11.2. The Bertz CT molecular complexity index is 567. The molecule has 1 aliphatic heterocycles. The lowest BCUT2D eigenvalue weighted by Crippen LogP contribution is -2.21. The lowest BCUT2D eigenvalue weighted by molar-refractivity contribution is 0.182. The van der Waals surface area contributed by atoms with E-state index in [-0.39, 0.29) is 0 Å². The number of ether oxygens (including phenoxy) is 1. The number of hydrogen-bond acceptors (Lipinski definition) is 4. The maximum atomic E-state index is 11.7. The number of benzene rings is 1. The number of nitrogens with zero attached hydrogens (tertiary/aromatic N) is 2. The van der Waals surface area contributed by atoms with Gasteiger partial charge in [-0.2, -0.15) is 0 Å². The van der Waals surface area contributed by atoms with Crippen LogP contribution in [0.5, 0.6) is 0 Å². The van der Waals surface area contributed by atoms with Crippen molar-refractivity contribution >= 4 is 0 Å². The number of rotatable bonds is 3. The monoisotopic (exact) mass is 246 g/mol. The van der Waals surface area contributed by atoms with E-state index >= 15 is 0 Å². The van der Waals surface area contributed by atoms with Crippen molar-refractivity contribution in [2.24, 2.45) is 5.92 Å². The van der Waals surface area contributed by atoms with Crippen LogP contribution < -0.4 is 5.76 Å². The molecule has 0 saturated carbocycles. The molecule has 3 rings (SSSR count). The van der Waals surface area contributed by atoms with Gasteiger partial charge >= 0.3 is 5.76 Å². The van der Waals surface area contributed by atoms with Crippen molar-refractivity contribution in [2.75, 3.05) is 13.2 Å². The predicted molar refractivity (Wildman–Crippen MR) is 65.1 cm³/mol. The second-order valence-corrected chi connectivity index (χ2v) is 4.48. The Morgan fingerprint density at radius 3 is 2.89 bits per heavy atom. The van der Waals surface area contributed by atoms with Gasteiger partial charge in [0.05, 0.1) is 6.61 Å².